The minimum atomic E-state index is -4.49. The van der Waals surface area contributed by atoms with Gasteiger partial charge >= 0.3 is 18.1 Å². The number of alkyl halides is 3. The number of hydrogen-bond donors (Lipinski definition) is 0. The first-order chi connectivity index (χ1) is 8.59. The zero-order valence-electron chi connectivity index (χ0n) is 11.5. The summed E-state index contributed by atoms with van der Waals surface area (Å²) in [5, 5.41) is 0. The molecule has 0 aliphatic heterocycles. The van der Waals surface area contributed by atoms with Crippen LogP contribution in [0.15, 0.2) is 0 Å². The van der Waals surface area contributed by atoms with E-state index in [9.17, 15) is 22.8 Å². The molecule has 0 aromatic carbocycles. The van der Waals surface area contributed by atoms with Gasteiger partial charge in [0.1, 0.15) is 0 Å². The Hall–Kier alpha value is -1.27. The highest BCUT2D eigenvalue weighted by molar-refractivity contribution is 5.99. The molecular formula is C12H19F3O4. The van der Waals surface area contributed by atoms with Crippen LogP contribution >= 0.6 is 0 Å². The summed E-state index contributed by atoms with van der Waals surface area (Å²) in [6.07, 6.45) is -5.19. The van der Waals surface area contributed by atoms with Gasteiger partial charge in [-0.3, -0.25) is 9.59 Å². The van der Waals surface area contributed by atoms with Gasteiger partial charge in [0, 0.05) is 0 Å². The van der Waals surface area contributed by atoms with Gasteiger partial charge in [0.15, 0.2) is 5.41 Å². The summed E-state index contributed by atoms with van der Waals surface area (Å²) < 4.78 is 47.1. The highest BCUT2D eigenvalue weighted by Gasteiger charge is 2.50. The summed E-state index contributed by atoms with van der Waals surface area (Å²) in [7, 11) is 0. The van der Waals surface area contributed by atoms with E-state index in [4.69, 9.17) is 0 Å². The van der Waals surface area contributed by atoms with Crippen LogP contribution < -0.4 is 0 Å². The van der Waals surface area contributed by atoms with Crippen molar-refractivity contribution in [3.05, 3.63) is 0 Å². The van der Waals surface area contributed by atoms with Crippen molar-refractivity contribution in [2.24, 2.45) is 11.3 Å². The van der Waals surface area contributed by atoms with Crippen molar-refractivity contribution in [2.45, 2.75) is 40.3 Å². The van der Waals surface area contributed by atoms with Crippen molar-refractivity contribution in [2.75, 3.05) is 13.2 Å². The first-order valence-electron chi connectivity index (χ1n) is 6.00. The van der Waals surface area contributed by atoms with E-state index in [-0.39, 0.29) is 13.2 Å². The highest BCUT2D eigenvalue weighted by atomic mass is 19.4. The Balaban J connectivity index is 5.17. The van der Waals surface area contributed by atoms with E-state index in [1.54, 1.807) is 0 Å². The topological polar surface area (TPSA) is 52.6 Å². The Labute approximate surface area is 110 Å². The van der Waals surface area contributed by atoms with Crippen LogP contribution in [0.1, 0.15) is 34.1 Å². The van der Waals surface area contributed by atoms with Crippen LogP contribution in [0.4, 0.5) is 13.2 Å². The van der Waals surface area contributed by atoms with Crippen molar-refractivity contribution in [3.63, 3.8) is 0 Å². The van der Waals surface area contributed by atoms with Crippen LogP contribution in [0.25, 0.3) is 0 Å². The van der Waals surface area contributed by atoms with Crippen molar-refractivity contribution in [1.29, 1.82) is 0 Å². The van der Waals surface area contributed by atoms with Crippen LogP contribution in [-0.2, 0) is 19.1 Å². The van der Waals surface area contributed by atoms with E-state index < -0.39 is 35.9 Å². The number of rotatable bonds is 6. The Morgan fingerprint density at radius 1 is 1.05 bits per heavy atom. The molecule has 0 saturated carbocycles. The van der Waals surface area contributed by atoms with Crippen LogP contribution in [0.3, 0.4) is 0 Å². The van der Waals surface area contributed by atoms with Crippen LogP contribution in [0.2, 0.25) is 0 Å². The molecule has 0 aliphatic rings. The van der Waals surface area contributed by atoms with Crippen molar-refractivity contribution >= 4 is 11.9 Å². The lowest BCUT2D eigenvalue weighted by Crippen LogP contribution is -2.42. The minimum absolute atomic E-state index is 0.0196. The summed E-state index contributed by atoms with van der Waals surface area (Å²) in [5.41, 5.74) is -1.94. The van der Waals surface area contributed by atoms with Crippen molar-refractivity contribution in [1.82, 2.24) is 0 Å². The second-order valence-corrected chi connectivity index (χ2v) is 4.42. The van der Waals surface area contributed by atoms with Gasteiger partial charge in [-0.15, -0.1) is 0 Å². The first-order valence-corrected chi connectivity index (χ1v) is 6.00. The Morgan fingerprint density at radius 2 is 1.42 bits per heavy atom. The van der Waals surface area contributed by atoms with E-state index in [1.807, 2.05) is 0 Å². The van der Waals surface area contributed by atoms with E-state index >= 15 is 0 Å². The van der Waals surface area contributed by atoms with Crippen molar-refractivity contribution in [3.8, 4) is 0 Å². The molecule has 0 spiro atoms. The molecule has 0 aliphatic carbocycles. The summed E-state index contributed by atoms with van der Waals surface area (Å²) in [4.78, 5) is 23.5. The monoisotopic (exact) mass is 284 g/mol. The van der Waals surface area contributed by atoms with Gasteiger partial charge in [0.2, 0.25) is 0 Å². The number of ether oxygens (including phenoxy) is 2. The van der Waals surface area contributed by atoms with E-state index in [0.717, 1.165) is 13.8 Å². The number of carbonyl (C=O) groups is 2. The Bertz CT molecular complexity index is 307. The number of halogens is 3. The number of hydrogen-bond acceptors (Lipinski definition) is 4. The zero-order valence-corrected chi connectivity index (χ0v) is 11.5. The molecule has 1 unspecified atom stereocenters. The molecule has 0 heterocycles. The molecule has 0 N–H and O–H groups in total. The quantitative estimate of drug-likeness (QED) is 0.556. The Kier molecular flexibility index (Phi) is 6.32. The average molecular weight is 284 g/mol. The summed E-state index contributed by atoms with van der Waals surface area (Å²) in [6, 6.07) is 0. The standard InChI is InChI=1S/C12H19F3O4/c1-5-18-9(16)11(4,10(17)19-6-2)7-8(3)12(13,14)15/h8H,5-7H2,1-4H3. The molecule has 0 bridgehead atoms. The lowest BCUT2D eigenvalue weighted by molar-refractivity contribution is -0.190. The van der Waals surface area contributed by atoms with Gasteiger partial charge in [-0.1, -0.05) is 6.92 Å². The highest BCUT2D eigenvalue weighted by Crippen LogP contribution is 2.37. The predicted octanol–water partition coefficient (Wildman–Crippen LogP) is 2.71. The fourth-order valence-electron chi connectivity index (χ4n) is 1.56. The second kappa shape index (κ2) is 6.77. The third-order valence-corrected chi connectivity index (χ3v) is 2.73. The summed E-state index contributed by atoms with van der Waals surface area (Å²) in [5.74, 6) is -3.81. The Morgan fingerprint density at radius 3 is 1.68 bits per heavy atom. The van der Waals surface area contributed by atoms with E-state index in [2.05, 4.69) is 9.47 Å². The molecule has 4 nitrogen and oxygen atoms in total. The van der Waals surface area contributed by atoms with Crippen molar-refractivity contribution < 1.29 is 32.2 Å². The molecule has 0 rings (SSSR count). The maximum atomic E-state index is 12.6. The molecule has 0 radical (unpaired) electrons. The predicted molar refractivity (Wildman–Crippen MR) is 61.2 cm³/mol. The van der Waals surface area contributed by atoms with E-state index in [0.29, 0.717) is 0 Å². The van der Waals surface area contributed by atoms with Crippen LogP contribution in [0, 0.1) is 11.3 Å². The SMILES string of the molecule is CCOC(=O)C(C)(CC(C)C(F)(F)F)C(=O)OCC. The average Bonchev–Trinajstić information content (AvgIpc) is 2.28. The van der Waals surface area contributed by atoms with Crippen LogP contribution in [-0.4, -0.2) is 31.3 Å². The fourth-order valence-corrected chi connectivity index (χ4v) is 1.56. The molecule has 0 fully saturated rings. The van der Waals surface area contributed by atoms with Gasteiger partial charge in [-0.25, -0.2) is 0 Å². The first kappa shape index (κ1) is 17.7. The fraction of sp³-hybridized carbons (Fsp3) is 0.833. The normalized spacial score (nSPS) is 13.8. The van der Waals surface area contributed by atoms with E-state index in [1.165, 1.54) is 13.8 Å². The molecule has 19 heavy (non-hydrogen) atoms. The molecule has 0 aromatic rings. The maximum Gasteiger partial charge on any atom is 0.391 e. The summed E-state index contributed by atoms with van der Waals surface area (Å²) in [6.45, 7) is 5.01. The molecule has 0 amide bonds. The van der Waals surface area contributed by atoms with Gasteiger partial charge in [-0.05, 0) is 27.2 Å². The lowest BCUT2D eigenvalue weighted by atomic mass is 9.81. The van der Waals surface area contributed by atoms with Gasteiger partial charge < -0.3 is 9.47 Å². The smallest absolute Gasteiger partial charge is 0.391 e. The third-order valence-electron chi connectivity index (χ3n) is 2.73. The van der Waals surface area contributed by atoms with Gasteiger partial charge in [0.25, 0.3) is 0 Å². The third kappa shape index (κ3) is 4.72. The molecule has 112 valence electrons. The number of carbonyl (C=O) groups excluding carboxylic acids is 2. The largest absolute Gasteiger partial charge is 0.465 e. The summed E-state index contributed by atoms with van der Waals surface area (Å²) >= 11 is 0. The van der Waals surface area contributed by atoms with Crippen LogP contribution in [0.5, 0.6) is 0 Å². The minimum Gasteiger partial charge on any atom is -0.465 e. The zero-order chi connectivity index (χ0) is 15.3. The van der Waals surface area contributed by atoms with Gasteiger partial charge in [0.05, 0.1) is 19.1 Å². The number of esters is 2. The van der Waals surface area contributed by atoms with Gasteiger partial charge in [-0.2, -0.15) is 13.2 Å². The maximum absolute atomic E-state index is 12.6. The molecule has 0 aromatic heterocycles. The second-order valence-electron chi connectivity index (χ2n) is 4.42. The molecule has 0 saturated heterocycles. The molecule has 7 heteroatoms. The molecular weight excluding hydrogens is 265 g/mol. The lowest BCUT2D eigenvalue weighted by Gasteiger charge is -2.28. The molecule has 1 atom stereocenters.